The molecule has 0 aliphatic heterocycles. The Morgan fingerprint density at radius 2 is 1.18 bits per heavy atom. The largest absolute Gasteiger partial charge is 0.508 e. The van der Waals surface area contributed by atoms with Crippen LogP contribution in [0.2, 0.25) is 0 Å². The van der Waals surface area contributed by atoms with E-state index in [0.717, 1.165) is 18.6 Å². The Labute approximate surface area is 134 Å². The monoisotopic (exact) mass is 300 g/mol. The van der Waals surface area contributed by atoms with Gasteiger partial charge in [-0.25, -0.2) is 0 Å². The molecule has 0 radical (unpaired) electrons. The molecular weight excluding hydrogens is 272 g/mol. The number of benzene rings is 2. The van der Waals surface area contributed by atoms with Crippen molar-refractivity contribution in [1.82, 2.24) is 0 Å². The predicted molar refractivity (Wildman–Crippen MR) is 93.7 cm³/mol. The molecule has 0 unspecified atom stereocenters. The predicted octanol–water partition coefficient (Wildman–Crippen LogP) is 5.38. The lowest BCUT2D eigenvalue weighted by molar-refractivity contribution is 0.131. The maximum atomic E-state index is 8.85. The van der Waals surface area contributed by atoms with Crippen LogP contribution in [-0.2, 0) is 12.8 Å². The van der Waals surface area contributed by atoms with E-state index < -0.39 is 0 Å². The highest BCUT2D eigenvalue weighted by Crippen LogP contribution is 2.18. The average Bonchev–Trinajstić information content (AvgIpc) is 2.48. The number of aryl methyl sites for hydroxylation is 2. The molecule has 0 saturated carbocycles. The van der Waals surface area contributed by atoms with Crippen molar-refractivity contribution in [3.63, 3.8) is 0 Å². The van der Waals surface area contributed by atoms with Gasteiger partial charge in [0.2, 0.25) is 0 Å². The van der Waals surface area contributed by atoms with Crippen molar-refractivity contribution in [1.29, 1.82) is 0 Å². The quantitative estimate of drug-likeness (QED) is 0.824. The van der Waals surface area contributed by atoms with Crippen LogP contribution in [0.3, 0.4) is 0 Å². The molecule has 0 spiro atoms. The summed E-state index contributed by atoms with van der Waals surface area (Å²) in [4.78, 5) is 0. The molecule has 0 bridgehead atoms. The third kappa shape index (κ3) is 7.16. The molecule has 0 heterocycles. The fourth-order valence-electron chi connectivity index (χ4n) is 1.88. The highest BCUT2D eigenvalue weighted by Gasteiger charge is 2.10. The summed E-state index contributed by atoms with van der Waals surface area (Å²) in [7, 11) is 0. The van der Waals surface area contributed by atoms with Crippen LogP contribution in [-0.4, -0.2) is 10.7 Å². The Kier molecular flexibility index (Phi) is 6.97. The first-order chi connectivity index (χ1) is 10.3. The van der Waals surface area contributed by atoms with Gasteiger partial charge in [0, 0.05) is 0 Å². The highest BCUT2D eigenvalue weighted by atomic mass is 16.5. The van der Waals surface area contributed by atoms with Gasteiger partial charge in [-0.3, -0.25) is 0 Å². The van der Waals surface area contributed by atoms with Gasteiger partial charge in [-0.05, 0) is 69.0 Å². The van der Waals surface area contributed by atoms with Gasteiger partial charge in [-0.15, -0.1) is 0 Å². The normalized spacial score (nSPS) is 10.6. The topological polar surface area (TPSA) is 29.5 Å². The fourth-order valence-corrected chi connectivity index (χ4v) is 1.88. The molecule has 0 fully saturated rings. The first-order valence-electron chi connectivity index (χ1n) is 7.90. The molecule has 2 rings (SSSR count). The number of rotatable bonds is 3. The Morgan fingerprint density at radius 3 is 1.55 bits per heavy atom. The van der Waals surface area contributed by atoms with Gasteiger partial charge < -0.3 is 9.84 Å². The van der Waals surface area contributed by atoms with Gasteiger partial charge in [-0.1, -0.05) is 38.1 Å². The lowest BCUT2D eigenvalue weighted by atomic mass is 10.1. The summed E-state index contributed by atoms with van der Waals surface area (Å²) < 4.78 is 5.70. The molecule has 1 N–H and O–H groups in total. The number of ether oxygens (including phenoxy) is 1. The maximum Gasteiger partial charge on any atom is 0.120 e. The van der Waals surface area contributed by atoms with Gasteiger partial charge in [0.15, 0.2) is 0 Å². The number of phenolic OH excluding ortho intramolecular Hbond substituents is 1. The highest BCUT2D eigenvalue weighted by molar-refractivity contribution is 5.27. The zero-order valence-corrected chi connectivity index (χ0v) is 14.4. The number of hydrogen-bond donors (Lipinski definition) is 1. The van der Waals surface area contributed by atoms with Crippen molar-refractivity contribution >= 4 is 0 Å². The molecular formula is C20H28O2. The van der Waals surface area contributed by atoms with Gasteiger partial charge in [0.05, 0.1) is 0 Å². The van der Waals surface area contributed by atoms with Crippen LogP contribution in [0.15, 0.2) is 48.5 Å². The van der Waals surface area contributed by atoms with Crippen LogP contribution in [0, 0.1) is 0 Å². The minimum absolute atomic E-state index is 0.103. The summed E-state index contributed by atoms with van der Waals surface area (Å²) >= 11 is 0. The summed E-state index contributed by atoms with van der Waals surface area (Å²) in [5, 5.41) is 8.85. The molecule has 0 aliphatic rings. The summed E-state index contributed by atoms with van der Waals surface area (Å²) in [5.41, 5.74) is 2.50. The first-order valence-corrected chi connectivity index (χ1v) is 7.90. The second kappa shape index (κ2) is 8.47. The van der Waals surface area contributed by atoms with Crippen LogP contribution in [0.4, 0.5) is 0 Å². The van der Waals surface area contributed by atoms with Crippen molar-refractivity contribution in [2.75, 3.05) is 0 Å². The number of hydrogen-bond acceptors (Lipinski definition) is 2. The van der Waals surface area contributed by atoms with Gasteiger partial charge >= 0.3 is 0 Å². The summed E-state index contributed by atoms with van der Waals surface area (Å²) in [6.07, 6.45) is 2.11. The van der Waals surface area contributed by atoms with E-state index in [-0.39, 0.29) is 5.60 Å². The van der Waals surface area contributed by atoms with Crippen LogP contribution in [0.5, 0.6) is 11.5 Å². The molecule has 120 valence electrons. The molecule has 2 aromatic rings. The second-order valence-electron chi connectivity index (χ2n) is 6.23. The zero-order valence-electron chi connectivity index (χ0n) is 14.4. The molecule has 2 heteroatoms. The minimum Gasteiger partial charge on any atom is -0.508 e. The van der Waals surface area contributed by atoms with Crippen LogP contribution in [0.1, 0.15) is 45.7 Å². The van der Waals surface area contributed by atoms with E-state index in [4.69, 9.17) is 9.84 Å². The molecule has 0 saturated heterocycles. The van der Waals surface area contributed by atoms with Crippen LogP contribution in [0.25, 0.3) is 0 Å². The Bertz CT molecular complexity index is 533. The summed E-state index contributed by atoms with van der Waals surface area (Å²) in [5.74, 6) is 1.29. The molecule has 0 amide bonds. The molecule has 22 heavy (non-hydrogen) atoms. The third-order valence-electron chi connectivity index (χ3n) is 3.10. The first kappa shape index (κ1) is 18.1. The minimum atomic E-state index is -0.103. The standard InChI is InChI=1S/C12H18O.C8H10O/c1-5-10-6-8-11(9-7-10)13-12(2,3)4;1-2-7-3-5-8(9)6-4-7/h6-9H,5H2,1-4H3;3-6,9H,2H2,1H3. The van der Waals surface area contributed by atoms with Crippen molar-refractivity contribution < 1.29 is 9.84 Å². The van der Waals surface area contributed by atoms with Crippen LogP contribution < -0.4 is 4.74 Å². The van der Waals surface area contributed by atoms with E-state index in [1.807, 2.05) is 24.3 Å². The van der Waals surface area contributed by atoms with E-state index in [1.165, 1.54) is 11.1 Å². The maximum absolute atomic E-state index is 8.85. The summed E-state index contributed by atoms with van der Waals surface area (Å²) in [6, 6.07) is 15.6. The zero-order chi connectivity index (χ0) is 16.6. The van der Waals surface area contributed by atoms with E-state index in [0.29, 0.717) is 5.75 Å². The molecule has 2 aromatic carbocycles. The lowest BCUT2D eigenvalue weighted by Crippen LogP contribution is -2.22. The Hall–Kier alpha value is -1.96. The Morgan fingerprint density at radius 1 is 0.773 bits per heavy atom. The number of phenols is 1. The van der Waals surface area contributed by atoms with Gasteiger partial charge in [-0.2, -0.15) is 0 Å². The SMILES string of the molecule is CCc1ccc(O)cc1.CCc1ccc(OC(C)(C)C)cc1. The molecule has 0 aliphatic carbocycles. The smallest absolute Gasteiger partial charge is 0.120 e. The van der Waals surface area contributed by atoms with Crippen LogP contribution >= 0.6 is 0 Å². The molecule has 0 aromatic heterocycles. The van der Waals surface area contributed by atoms with Crippen molar-refractivity contribution in [2.24, 2.45) is 0 Å². The lowest BCUT2D eigenvalue weighted by Gasteiger charge is -2.21. The summed E-state index contributed by atoms with van der Waals surface area (Å²) in [6.45, 7) is 10.4. The van der Waals surface area contributed by atoms with Crippen molar-refractivity contribution in [2.45, 2.75) is 53.1 Å². The number of aromatic hydroxyl groups is 1. The van der Waals surface area contributed by atoms with Crippen molar-refractivity contribution in [3.8, 4) is 11.5 Å². The third-order valence-corrected chi connectivity index (χ3v) is 3.10. The van der Waals surface area contributed by atoms with E-state index in [1.54, 1.807) is 12.1 Å². The molecule has 2 nitrogen and oxygen atoms in total. The second-order valence-corrected chi connectivity index (χ2v) is 6.23. The van der Waals surface area contributed by atoms with Gasteiger partial charge in [0.25, 0.3) is 0 Å². The average molecular weight is 300 g/mol. The van der Waals surface area contributed by atoms with E-state index in [9.17, 15) is 0 Å². The molecule has 0 atom stereocenters. The Balaban J connectivity index is 0.000000235. The van der Waals surface area contributed by atoms with E-state index in [2.05, 4.69) is 46.8 Å². The fraction of sp³-hybridized carbons (Fsp3) is 0.400. The van der Waals surface area contributed by atoms with Crippen molar-refractivity contribution in [3.05, 3.63) is 59.7 Å². The van der Waals surface area contributed by atoms with Gasteiger partial charge in [0.1, 0.15) is 17.1 Å². The van der Waals surface area contributed by atoms with E-state index >= 15 is 0 Å².